The average molecular weight is 361 g/mol. The van der Waals surface area contributed by atoms with Crippen LogP contribution in [0, 0.1) is 5.92 Å². The van der Waals surface area contributed by atoms with Crippen LogP contribution in [0.25, 0.3) is 0 Å². The van der Waals surface area contributed by atoms with Crippen molar-refractivity contribution in [3.8, 4) is 0 Å². The van der Waals surface area contributed by atoms with Crippen molar-refractivity contribution < 1.29 is 4.58 Å². The van der Waals surface area contributed by atoms with Crippen LogP contribution in [0.5, 0.6) is 0 Å². The lowest BCUT2D eigenvalue weighted by Gasteiger charge is -2.26. The van der Waals surface area contributed by atoms with E-state index in [1.807, 2.05) is 7.05 Å². The first kappa shape index (κ1) is 19.0. The van der Waals surface area contributed by atoms with Crippen LogP contribution in [-0.2, 0) is 0 Å². The molecule has 0 bridgehead atoms. The van der Waals surface area contributed by atoms with Crippen molar-refractivity contribution in [1.82, 2.24) is 0 Å². The van der Waals surface area contributed by atoms with Gasteiger partial charge in [0.05, 0.1) is 0 Å². The quantitative estimate of drug-likeness (QED) is 0.798. The highest BCUT2D eigenvalue weighted by Gasteiger charge is 2.24. The fourth-order valence-corrected chi connectivity index (χ4v) is 3.53. The number of nitrogens with zero attached hydrogens (tertiary/aromatic N) is 2. The van der Waals surface area contributed by atoms with Crippen LogP contribution in [0.4, 0.5) is 11.4 Å². The number of allylic oxidation sites excluding steroid dienone is 4. The second-order valence-electron chi connectivity index (χ2n) is 7.45. The normalized spacial score (nSPS) is 16.9. The van der Waals surface area contributed by atoms with Crippen molar-refractivity contribution in [3.05, 3.63) is 84.0 Å². The summed E-state index contributed by atoms with van der Waals surface area (Å²) in [6.45, 7) is 0. The van der Waals surface area contributed by atoms with E-state index in [0.29, 0.717) is 11.8 Å². The number of benzene rings is 2. The lowest BCUT2D eigenvalue weighted by Crippen LogP contribution is -2.17. The minimum atomic E-state index is 0.295. The Morgan fingerprint density at radius 1 is 0.852 bits per heavy atom. The fourth-order valence-electron chi connectivity index (χ4n) is 3.53. The van der Waals surface area contributed by atoms with Gasteiger partial charge in [-0.3, -0.25) is 0 Å². The largest absolute Gasteiger partial charge is 0.388 e. The zero-order chi connectivity index (χ0) is 19.4. The highest BCUT2D eigenvalue weighted by molar-refractivity contribution is 6.01. The van der Waals surface area contributed by atoms with E-state index in [1.54, 1.807) is 0 Å². The Balaban J connectivity index is 2.00. The molecule has 3 heteroatoms. The molecule has 1 atom stereocenters. The summed E-state index contributed by atoms with van der Waals surface area (Å²) >= 11 is 0. The molecule has 0 heterocycles. The molecule has 0 aromatic heterocycles. The van der Waals surface area contributed by atoms with Crippen molar-refractivity contribution in [1.29, 1.82) is 0 Å². The summed E-state index contributed by atoms with van der Waals surface area (Å²) in [7, 11) is 10.3. The number of hydrogen-bond acceptors (Lipinski definition) is 2. The van der Waals surface area contributed by atoms with E-state index in [1.165, 1.54) is 22.5 Å². The van der Waals surface area contributed by atoms with Gasteiger partial charge in [-0.25, -0.2) is 4.58 Å². The van der Waals surface area contributed by atoms with Crippen LogP contribution in [-0.4, -0.2) is 45.5 Å². The Hall–Kier alpha value is -2.81. The summed E-state index contributed by atoms with van der Waals surface area (Å²) in [6.07, 6.45) is 9.11. The third-order valence-electron chi connectivity index (χ3n) is 5.21. The molecule has 0 radical (unpaired) electrons. The maximum absolute atomic E-state index is 3.21. The van der Waals surface area contributed by atoms with E-state index >= 15 is 0 Å². The SMILES string of the molecule is CNc1ccc([C@H](c2ccc(N(C)C)cc2)C2C=CC(=[N+](C)C)C=C2)cc1. The predicted molar refractivity (Wildman–Crippen MR) is 117 cm³/mol. The lowest BCUT2D eigenvalue weighted by atomic mass is 9.78. The van der Waals surface area contributed by atoms with E-state index in [0.717, 1.165) is 5.69 Å². The highest BCUT2D eigenvalue weighted by Crippen LogP contribution is 2.36. The Bertz CT molecular complexity index is 836. The summed E-state index contributed by atoms with van der Waals surface area (Å²) in [5.41, 5.74) is 6.27. The van der Waals surface area contributed by atoms with Gasteiger partial charge in [-0.1, -0.05) is 36.4 Å². The van der Waals surface area contributed by atoms with Gasteiger partial charge in [0.15, 0.2) is 5.71 Å². The lowest BCUT2D eigenvalue weighted by molar-refractivity contribution is -0.462. The molecule has 1 aliphatic rings. The zero-order valence-electron chi connectivity index (χ0n) is 17.0. The van der Waals surface area contributed by atoms with Crippen molar-refractivity contribution in [2.45, 2.75) is 5.92 Å². The average Bonchev–Trinajstić information content (AvgIpc) is 2.69. The molecule has 3 rings (SSSR count). The van der Waals surface area contributed by atoms with Gasteiger partial charge in [0.25, 0.3) is 0 Å². The Labute approximate surface area is 163 Å². The molecule has 140 valence electrons. The number of rotatable bonds is 5. The van der Waals surface area contributed by atoms with Gasteiger partial charge in [-0.2, -0.15) is 0 Å². The minimum absolute atomic E-state index is 0.295. The van der Waals surface area contributed by atoms with Gasteiger partial charge in [-0.05, 0) is 35.4 Å². The molecular formula is C24H30N3+. The third kappa shape index (κ3) is 4.30. The monoisotopic (exact) mass is 360 g/mol. The van der Waals surface area contributed by atoms with Gasteiger partial charge >= 0.3 is 0 Å². The Morgan fingerprint density at radius 2 is 1.37 bits per heavy atom. The van der Waals surface area contributed by atoms with Gasteiger partial charge < -0.3 is 10.2 Å². The molecule has 0 spiro atoms. The van der Waals surface area contributed by atoms with Crippen LogP contribution in [0.3, 0.4) is 0 Å². The topological polar surface area (TPSA) is 18.3 Å². The molecule has 0 unspecified atom stereocenters. The molecule has 0 amide bonds. The predicted octanol–water partition coefficient (Wildman–Crippen LogP) is 4.38. The summed E-state index contributed by atoms with van der Waals surface area (Å²) < 4.78 is 2.14. The molecule has 2 aromatic rings. The third-order valence-corrected chi connectivity index (χ3v) is 5.21. The second-order valence-corrected chi connectivity index (χ2v) is 7.45. The Morgan fingerprint density at radius 3 is 1.81 bits per heavy atom. The molecule has 1 aliphatic carbocycles. The smallest absolute Gasteiger partial charge is 0.198 e. The van der Waals surface area contributed by atoms with Crippen LogP contribution >= 0.6 is 0 Å². The standard InChI is InChI=1S/C24H30N3/c1-25-21-12-6-18(7-13-21)24(19-8-14-22(15-9-19)26(2)3)20-10-16-23(17-11-20)27(4)5/h6-17,19,24-25H,1-5H3/q+1/t24-/m0/s1. The minimum Gasteiger partial charge on any atom is -0.388 e. The zero-order valence-corrected chi connectivity index (χ0v) is 17.0. The molecule has 2 aromatic carbocycles. The highest BCUT2D eigenvalue weighted by atomic mass is 15.1. The molecule has 0 aliphatic heterocycles. The number of hydrogen-bond donors (Lipinski definition) is 1. The van der Waals surface area contributed by atoms with Crippen molar-refractivity contribution in [3.63, 3.8) is 0 Å². The first-order valence-corrected chi connectivity index (χ1v) is 9.45. The van der Waals surface area contributed by atoms with E-state index in [4.69, 9.17) is 0 Å². The van der Waals surface area contributed by atoms with Crippen LogP contribution < -0.4 is 10.2 Å². The molecule has 27 heavy (non-hydrogen) atoms. The molecule has 0 saturated carbocycles. The van der Waals surface area contributed by atoms with Crippen molar-refractivity contribution >= 4 is 17.1 Å². The first-order valence-electron chi connectivity index (χ1n) is 9.45. The van der Waals surface area contributed by atoms with Crippen LogP contribution in [0.1, 0.15) is 17.0 Å². The van der Waals surface area contributed by atoms with E-state index in [2.05, 4.69) is 116 Å². The van der Waals surface area contributed by atoms with Gasteiger partial charge in [0, 0.05) is 56.5 Å². The summed E-state index contributed by atoms with van der Waals surface area (Å²) in [5.74, 6) is 0.627. The number of nitrogens with one attached hydrogen (secondary N) is 1. The van der Waals surface area contributed by atoms with Crippen LogP contribution in [0.15, 0.2) is 72.8 Å². The van der Waals surface area contributed by atoms with E-state index < -0.39 is 0 Å². The maximum atomic E-state index is 3.21. The molecular weight excluding hydrogens is 330 g/mol. The summed E-state index contributed by atoms with van der Waals surface area (Å²) in [6, 6.07) is 17.7. The number of anilines is 2. The molecule has 0 saturated heterocycles. The van der Waals surface area contributed by atoms with Gasteiger partial charge in [0.2, 0.25) is 0 Å². The second kappa shape index (κ2) is 8.26. The molecule has 3 nitrogen and oxygen atoms in total. The summed E-state index contributed by atoms with van der Waals surface area (Å²) in [5, 5.41) is 3.21. The van der Waals surface area contributed by atoms with E-state index in [9.17, 15) is 0 Å². The Kier molecular flexibility index (Phi) is 5.80. The van der Waals surface area contributed by atoms with Crippen molar-refractivity contribution in [2.75, 3.05) is 45.5 Å². The fraction of sp³-hybridized carbons (Fsp3) is 0.292. The van der Waals surface area contributed by atoms with Gasteiger partial charge in [0.1, 0.15) is 14.1 Å². The first-order chi connectivity index (χ1) is 13.0. The van der Waals surface area contributed by atoms with Gasteiger partial charge in [-0.15, -0.1) is 0 Å². The van der Waals surface area contributed by atoms with Crippen molar-refractivity contribution in [2.24, 2.45) is 5.92 Å². The molecule has 1 N–H and O–H groups in total. The maximum Gasteiger partial charge on any atom is 0.198 e. The van der Waals surface area contributed by atoms with E-state index in [-0.39, 0.29) is 0 Å². The molecule has 0 fully saturated rings. The summed E-state index contributed by atoms with van der Waals surface area (Å²) in [4.78, 5) is 2.14. The van der Waals surface area contributed by atoms with Crippen LogP contribution in [0.2, 0.25) is 0 Å².